The minimum absolute atomic E-state index is 0.0716. The molecule has 2 aromatic carbocycles. The Labute approximate surface area is 154 Å². The first-order valence-corrected chi connectivity index (χ1v) is 9.05. The van der Waals surface area contributed by atoms with Crippen molar-refractivity contribution in [3.05, 3.63) is 60.2 Å². The lowest BCUT2D eigenvalue weighted by molar-refractivity contribution is -0.131. The van der Waals surface area contributed by atoms with Crippen LogP contribution in [0, 0.1) is 0 Å². The van der Waals surface area contributed by atoms with Gasteiger partial charge in [-0.1, -0.05) is 30.3 Å². The van der Waals surface area contributed by atoms with Gasteiger partial charge < -0.3 is 15.0 Å². The molecule has 1 aliphatic rings. The Balaban J connectivity index is 1.41. The second-order valence-corrected chi connectivity index (χ2v) is 6.43. The molecule has 1 fully saturated rings. The van der Waals surface area contributed by atoms with E-state index in [2.05, 4.69) is 5.32 Å². The summed E-state index contributed by atoms with van der Waals surface area (Å²) < 4.78 is 5.73. The van der Waals surface area contributed by atoms with Crippen LogP contribution in [0.1, 0.15) is 31.2 Å². The van der Waals surface area contributed by atoms with Crippen LogP contribution in [-0.4, -0.2) is 29.8 Å². The zero-order valence-corrected chi connectivity index (χ0v) is 14.8. The third-order valence-corrected chi connectivity index (χ3v) is 4.41. The molecular formula is C21H24N2O3. The average Bonchev–Trinajstić information content (AvgIpc) is 3.21. The molecule has 0 aliphatic carbocycles. The molecule has 1 aliphatic heterocycles. The number of amides is 2. The molecule has 2 amide bonds. The molecule has 136 valence electrons. The zero-order chi connectivity index (χ0) is 18.2. The summed E-state index contributed by atoms with van der Waals surface area (Å²) in [6, 6.07) is 17.2. The normalized spacial score (nSPS) is 13.5. The molecule has 1 N–H and O–H groups in total. The highest BCUT2D eigenvalue weighted by molar-refractivity contribution is 5.93. The Morgan fingerprint density at radius 3 is 2.31 bits per heavy atom. The molecule has 0 spiro atoms. The molecule has 1 heterocycles. The van der Waals surface area contributed by atoms with E-state index in [1.807, 2.05) is 47.4 Å². The van der Waals surface area contributed by atoms with Gasteiger partial charge in [-0.2, -0.15) is 0 Å². The molecule has 0 bridgehead atoms. The summed E-state index contributed by atoms with van der Waals surface area (Å²) in [6.07, 6.45) is 2.61. The van der Waals surface area contributed by atoms with Crippen LogP contribution in [0.4, 0.5) is 5.69 Å². The minimum Gasteiger partial charge on any atom is -0.489 e. The molecule has 5 heteroatoms. The predicted molar refractivity (Wildman–Crippen MR) is 101 cm³/mol. The molecule has 0 saturated carbocycles. The molecule has 3 rings (SSSR count). The van der Waals surface area contributed by atoms with E-state index < -0.39 is 0 Å². The van der Waals surface area contributed by atoms with Gasteiger partial charge in [-0.3, -0.25) is 9.59 Å². The SMILES string of the molecule is O=C(CCC(=O)N1CCCC1)Nc1ccc(OCc2ccccc2)cc1. The number of likely N-dealkylation sites (tertiary alicyclic amines) is 1. The summed E-state index contributed by atoms with van der Waals surface area (Å²) in [7, 11) is 0. The van der Waals surface area contributed by atoms with Crippen molar-refractivity contribution in [2.45, 2.75) is 32.3 Å². The number of ether oxygens (including phenoxy) is 1. The largest absolute Gasteiger partial charge is 0.489 e. The van der Waals surface area contributed by atoms with Gasteiger partial charge in [0.15, 0.2) is 0 Å². The number of nitrogens with one attached hydrogen (secondary N) is 1. The summed E-state index contributed by atoms with van der Waals surface area (Å²) in [6.45, 7) is 2.15. The molecule has 1 saturated heterocycles. The van der Waals surface area contributed by atoms with Gasteiger partial charge >= 0.3 is 0 Å². The number of carbonyl (C=O) groups is 2. The lowest BCUT2D eigenvalue weighted by Gasteiger charge is -2.14. The van der Waals surface area contributed by atoms with Gasteiger partial charge in [-0.05, 0) is 42.7 Å². The second kappa shape index (κ2) is 9.04. The van der Waals surface area contributed by atoms with E-state index in [4.69, 9.17) is 4.74 Å². The maximum atomic E-state index is 12.0. The summed E-state index contributed by atoms with van der Waals surface area (Å²) in [5.74, 6) is 0.675. The van der Waals surface area contributed by atoms with E-state index in [0.717, 1.165) is 37.2 Å². The van der Waals surface area contributed by atoms with Crippen LogP contribution in [0.3, 0.4) is 0 Å². The first kappa shape index (κ1) is 18.0. The van der Waals surface area contributed by atoms with Crippen LogP contribution >= 0.6 is 0 Å². The van der Waals surface area contributed by atoms with E-state index in [1.165, 1.54) is 0 Å². The van der Waals surface area contributed by atoms with Crippen molar-refractivity contribution in [2.75, 3.05) is 18.4 Å². The van der Waals surface area contributed by atoms with Gasteiger partial charge in [0.1, 0.15) is 12.4 Å². The van der Waals surface area contributed by atoms with Gasteiger partial charge in [-0.25, -0.2) is 0 Å². The third-order valence-electron chi connectivity index (χ3n) is 4.41. The molecule has 0 unspecified atom stereocenters. The number of benzene rings is 2. The summed E-state index contributed by atoms with van der Waals surface area (Å²) >= 11 is 0. The average molecular weight is 352 g/mol. The Morgan fingerprint density at radius 2 is 1.62 bits per heavy atom. The Bertz CT molecular complexity index is 723. The summed E-state index contributed by atoms with van der Waals surface area (Å²) in [5.41, 5.74) is 1.81. The van der Waals surface area contributed by atoms with Crippen LogP contribution in [-0.2, 0) is 16.2 Å². The zero-order valence-electron chi connectivity index (χ0n) is 14.8. The topological polar surface area (TPSA) is 58.6 Å². The number of nitrogens with zero attached hydrogens (tertiary/aromatic N) is 1. The van der Waals surface area contributed by atoms with Crippen molar-refractivity contribution in [3.63, 3.8) is 0 Å². The van der Waals surface area contributed by atoms with Crippen molar-refractivity contribution in [2.24, 2.45) is 0 Å². The monoisotopic (exact) mass is 352 g/mol. The molecule has 0 aromatic heterocycles. The van der Waals surface area contributed by atoms with Crippen LogP contribution in [0.25, 0.3) is 0 Å². The quantitative estimate of drug-likeness (QED) is 0.828. The standard InChI is InChI=1S/C21H24N2O3/c24-20(12-13-21(25)23-14-4-5-15-23)22-18-8-10-19(11-9-18)26-16-17-6-2-1-3-7-17/h1-3,6-11H,4-5,12-16H2,(H,22,24). The highest BCUT2D eigenvalue weighted by Gasteiger charge is 2.18. The fraction of sp³-hybridized carbons (Fsp3) is 0.333. The second-order valence-electron chi connectivity index (χ2n) is 6.43. The maximum Gasteiger partial charge on any atom is 0.224 e. The number of rotatable bonds is 7. The molecule has 26 heavy (non-hydrogen) atoms. The van der Waals surface area contributed by atoms with Gasteiger partial charge in [0, 0.05) is 31.6 Å². The van der Waals surface area contributed by atoms with Crippen molar-refractivity contribution < 1.29 is 14.3 Å². The molecule has 0 radical (unpaired) electrons. The summed E-state index contributed by atoms with van der Waals surface area (Å²) in [5, 5.41) is 2.82. The number of hydrogen-bond acceptors (Lipinski definition) is 3. The fourth-order valence-corrected chi connectivity index (χ4v) is 2.94. The van der Waals surface area contributed by atoms with E-state index in [-0.39, 0.29) is 24.7 Å². The Morgan fingerprint density at radius 1 is 0.923 bits per heavy atom. The van der Waals surface area contributed by atoms with Crippen molar-refractivity contribution in [3.8, 4) is 5.75 Å². The molecule has 5 nitrogen and oxygen atoms in total. The molecule has 0 atom stereocenters. The van der Waals surface area contributed by atoms with E-state index in [9.17, 15) is 9.59 Å². The third kappa shape index (κ3) is 5.34. The van der Waals surface area contributed by atoms with E-state index in [0.29, 0.717) is 12.3 Å². The van der Waals surface area contributed by atoms with Gasteiger partial charge in [-0.15, -0.1) is 0 Å². The Hall–Kier alpha value is -2.82. The van der Waals surface area contributed by atoms with Crippen LogP contribution in [0.15, 0.2) is 54.6 Å². The van der Waals surface area contributed by atoms with E-state index >= 15 is 0 Å². The van der Waals surface area contributed by atoms with Crippen LogP contribution < -0.4 is 10.1 Å². The number of hydrogen-bond donors (Lipinski definition) is 1. The molecule has 2 aromatic rings. The van der Waals surface area contributed by atoms with Gasteiger partial charge in [0.25, 0.3) is 0 Å². The lowest BCUT2D eigenvalue weighted by atomic mass is 10.2. The predicted octanol–water partition coefficient (Wildman–Crippen LogP) is 3.61. The van der Waals surface area contributed by atoms with Crippen molar-refractivity contribution >= 4 is 17.5 Å². The highest BCUT2D eigenvalue weighted by atomic mass is 16.5. The van der Waals surface area contributed by atoms with E-state index in [1.54, 1.807) is 12.1 Å². The van der Waals surface area contributed by atoms with Crippen molar-refractivity contribution in [1.82, 2.24) is 4.90 Å². The molecular weight excluding hydrogens is 328 g/mol. The Kier molecular flexibility index (Phi) is 6.25. The first-order valence-electron chi connectivity index (χ1n) is 9.05. The van der Waals surface area contributed by atoms with Gasteiger partial charge in [0.05, 0.1) is 0 Å². The van der Waals surface area contributed by atoms with Crippen LogP contribution in [0.5, 0.6) is 5.75 Å². The number of anilines is 1. The first-order chi connectivity index (χ1) is 12.7. The smallest absolute Gasteiger partial charge is 0.224 e. The van der Waals surface area contributed by atoms with Crippen molar-refractivity contribution in [1.29, 1.82) is 0 Å². The lowest BCUT2D eigenvalue weighted by Crippen LogP contribution is -2.28. The van der Waals surface area contributed by atoms with Crippen LogP contribution in [0.2, 0.25) is 0 Å². The van der Waals surface area contributed by atoms with Gasteiger partial charge in [0.2, 0.25) is 11.8 Å². The number of carbonyl (C=O) groups excluding carboxylic acids is 2. The highest BCUT2D eigenvalue weighted by Crippen LogP contribution is 2.17. The summed E-state index contributed by atoms with van der Waals surface area (Å²) in [4.78, 5) is 25.8. The fourth-order valence-electron chi connectivity index (χ4n) is 2.94. The minimum atomic E-state index is -0.143. The maximum absolute atomic E-state index is 12.0.